The molecule has 3 rings (SSSR count). The highest BCUT2D eigenvalue weighted by Crippen LogP contribution is 2.44. The number of hydroxylamine groups is 2. The summed E-state index contributed by atoms with van der Waals surface area (Å²) in [5.74, 6) is -3.56. The second-order valence-corrected chi connectivity index (χ2v) is 7.16. The molecule has 0 heterocycles. The lowest BCUT2D eigenvalue weighted by molar-refractivity contribution is -0.189. The number of aliphatic carboxylic acids is 1. The maximum absolute atomic E-state index is 12.5. The van der Waals surface area contributed by atoms with Gasteiger partial charge in [0.25, 0.3) is 5.91 Å². The Balaban J connectivity index is 1.69. The number of hydrogen-bond donors (Lipinski definition) is 2. The van der Waals surface area contributed by atoms with Crippen LogP contribution >= 0.6 is 0 Å². The van der Waals surface area contributed by atoms with Gasteiger partial charge in [-0.25, -0.2) is 19.4 Å². The minimum absolute atomic E-state index is 0.0189. The van der Waals surface area contributed by atoms with Crippen LogP contribution < -0.4 is 5.32 Å². The summed E-state index contributed by atoms with van der Waals surface area (Å²) >= 11 is 0. The van der Waals surface area contributed by atoms with Gasteiger partial charge in [0.2, 0.25) is 6.04 Å². The molecule has 33 heavy (non-hydrogen) atoms. The van der Waals surface area contributed by atoms with Gasteiger partial charge in [-0.2, -0.15) is 0 Å². The largest absolute Gasteiger partial charge is 0.479 e. The Bertz CT molecular complexity index is 1010. The number of benzene rings is 2. The molecule has 1 atom stereocenters. The van der Waals surface area contributed by atoms with Crippen molar-refractivity contribution in [2.45, 2.75) is 18.9 Å². The third kappa shape index (κ3) is 5.47. The van der Waals surface area contributed by atoms with E-state index in [1.165, 1.54) is 6.92 Å². The maximum atomic E-state index is 12.5. The molecule has 0 aliphatic heterocycles. The SMILES string of the molecule is CCOC(=O)C(NC(=O)OCC1c2ccccc2-c2ccccc21)C(=O)N(C)OCC(=O)O. The fraction of sp³-hybridized carbons (Fsp3) is 0.304. The Hall–Kier alpha value is -3.92. The van der Waals surface area contributed by atoms with Crippen LogP contribution in [0.3, 0.4) is 0 Å². The van der Waals surface area contributed by atoms with Gasteiger partial charge in [0, 0.05) is 13.0 Å². The number of carboxylic acid groups (broad SMARTS) is 1. The minimum Gasteiger partial charge on any atom is -0.479 e. The summed E-state index contributed by atoms with van der Waals surface area (Å²) in [5, 5.41) is 11.4. The van der Waals surface area contributed by atoms with Gasteiger partial charge in [-0.3, -0.25) is 14.9 Å². The highest BCUT2D eigenvalue weighted by atomic mass is 16.7. The number of rotatable bonds is 9. The van der Waals surface area contributed by atoms with Crippen LogP contribution in [-0.4, -0.2) is 67.0 Å². The smallest absolute Gasteiger partial charge is 0.408 e. The first kappa shape index (κ1) is 23.7. The molecule has 0 saturated heterocycles. The quantitative estimate of drug-likeness (QED) is 0.332. The third-order valence-electron chi connectivity index (χ3n) is 5.07. The first-order valence-electron chi connectivity index (χ1n) is 10.2. The zero-order chi connectivity index (χ0) is 24.0. The van der Waals surface area contributed by atoms with Gasteiger partial charge in [-0.15, -0.1) is 0 Å². The monoisotopic (exact) mass is 456 g/mol. The average Bonchev–Trinajstić information content (AvgIpc) is 3.13. The van der Waals surface area contributed by atoms with E-state index in [4.69, 9.17) is 19.4 Å². The van der Waals surface area contributed by atoms with Crippen LogP contribution in [0.2, 0.25) is 0 Å². The van der Waals surface area contributed by atoms with Crippen molar-refractivity contribution in [3.05, 3.63) is 59.7 Å². The predicted octanol–water partition coefficient (Wildman–Crippen LogP) is 1.93. The number of carbonyl (C=O) groups is 4. The molecule has 1 aliphatic rings. The lowest BCUT2D eigenvalue weighted by atomic mass is 9.98. The van der Waals surface area contributed by atoms with E-state index in [1.54, 1.807) is 0 Å². The Morgan fingerprint density at radius 3 is 2.12 bits per heavy atom. The summed E-state index contributed by atoms with van der Waals surface area (Å²) in [5.41, 5.74) is 4.12. The average molecular weight is 456 g/mol. The van der Waals surface area contributed by atoms with Crippen LogP contribution in [0.15, 0.2) is 48.5 Å². The molecular formula is C23H24N2O8. The molecule has 2 amide bonds. The van der Waals surface area contributed by atoms with Gasteiger partial charge < -0.3 is 14.6 Å². The van der Waals surface area contributed by atoms with E-state index in [-0.39, 0.29) is 19.1 Å². The van der Waals surface area contributed by atoms with Gasteiger partial charge in [-0.1, -0.05) is 48.5 Å². The Kier molecular flexibility index (Phi) is 7.62. The second-order valence-electron chi connectivity index (χ2n) is 7.16. The maximum Gasteiger partial charge on any atom is 0.408 e. The molecule has 1 aliphatic carbocycles. The summed E-state index contributed by atoms with van der Waals surface area (Å²) in [4.78, 5) is 52.7. The van der Waals surface area contributed by atoms with Crippen LogP contribution in [0.5, 0.6) is 0 Å². The van der Waals surface area contributed by atoms with Crippen molar-refractivity contribution >= 4 is 23.9 Å². The van der Waals surface area contributed by atoms with E-state index < -0.39 is 36.6 Å². The molecule has 0 aromatic heterocycles. The summed E-state index contributed by atoms with van der Waals surface area (Å²) in [7, 11) is 1.12. The van der Waals surface area contributed by atoms with Crippen LogP contribution in [0.4, 0.5) is 4.79 Å². The normalized spacial score (nSPS) is 12.8. The summed E-state index contributed by atoms with van der Waals surface area (Å²) in [6.45, 7) is 0.684. The van der Waals surface area contributed by atoms with Crippen molar-refractivity contribution in [2.75, 3.05) is 26.9 Å². The first-order valence-corrected chi connectivity index (χ1v) is 10.2. The number of alkyl carbamates (subject to hydrolysis) is 1. The molecule has 2 N–H and O–H groups in total. The predicted molar refractivity (Wildman–Crippen MR) is 115 cm³/mol. The van der Waals surface area contributed by atoms with Crippen LogP contribution in [0.1, 0.15) is 24.0 Å². The number of hydrogen-bond acceptors (Lipinski definition) is 7. The van der Waals surface area contributed by atoms with Crippen molar-refractivity contribution in [3.8, 4) is 11.1 Å². The topological polar surface area (TPSA) is 131 Å². The third-order valence-corrected chi connectivity index (χ3v) is 5.07. The zero-order valence-electron chi connectivity index (χ0n) is 18.1. The summed E-state index contributed by atoms with van der Waals surface area (Å²) in [6, 6.07) is 13.8. The van der Waals surface area contributed by atoms with Crippen LogP contribution in [0.25, 0.3) is 11.1 Å². The van der Waals surface area contributed by atoms with Crippen molar-refractivity contribution in [1.82, 2.24) is 10.4 Å². The molecule has 174 valence electrons. The summed E-state index contributed by atoms with van der Waals surface area (Å²) in [6.07, 6.45) is -1.00. The molecule has 0 bridgehead atoms. The number of amides is 2. The van der Waals surface area contributed by atoms with E-state index >= 15 is 0 Å². The molecule has 2 aromatic carbocycles. The molecule has 0 fully saturated rings. The lowest BCUT2D eigenvalue weighted by Gasteiger charge is -2.22. The lowest BCUT2D eigenvalue weighted by Crippen LogP contribution is -2.53. The summed E-state index contributed by atoms with van der Waals surface area (Å²) < 4.78 is 10.2. The molecule has 10 heteroatoms. The molecule has 0 radical (unpaired) electrons. The number of nitrogens with one attached hydrogen (secondary N) is 1. The van der Waals surface area contributed by atoms with Gasteiger partial charge >= 0.3 is 18.0 Å². The molecule has 0 saturated carbocycles. The van der Waals surface area contributed by atoms with Crippen molar-refractivity contribution in [1.29, 1.82) is 0 Å². The second kappa shape index (κ2) is 10.6. The number of fused-ring (bicyclic) bond motifs is 3. The first-order chi connectivity index (χ1) is 15.8. The molecule has 0 spiro atoms. The Labute approximate surface area is 190 Å². The zero-order valence-corrected chi connectivity index (χ0v) is 18.1. The van der Waals surface area contributed by atoms with Crippen LogP contribution in [-0.2, 0) is 28.7 Å². The molecule has 10 nitrogen and oxygen atoms in total. The van der Waals surface area contributed by atoms with Gasteiger partial charge in [0.1, 0.15) is 6.61 Å². The van der Waals surface area contributed by atoms with Gasteiger partial charge in [0.05, 0.1) is 6.61 Å². The van der Waals surface area contributed by atoms with Crippen molar-refractivity contribution < 1.29 is 38.6 Å². The van der Waals surface area contributed by atoms with E-state index in [0.717, 1.165) is 29.3 Å². The number of carboxylic acids is 1. The number of esters is 1. The highest BCUT2D eigenvalue weighted by molar-refractivity contribution is 6.03. The standard InChI is InChI=1S/C23H24N2O8/c1-3-31-22(29)20(21(28)25(2)33-13-19(26)27)24-23(30)32-12-18-16-10-6-4-8-14(16)15-9-5-7-11-17(15)18/h4-11,18,20H,3,12-13H2,1-2H3,(H,24,30)(H,26,27). The molecular weight excluding hydrogens is 432 g/mol. The van der Waals surface area contributed by atoms with E-state index in [1.807, 2.05) is 48.5 Å². The van der Waals surface area contributed by atoms with E-state index in [2.05, 4.69) is 5.32 Å². The number of ether oxygens (including phenoxy) is 2. The van der Waals surface area contributed by atoms with E-state index in [0.29, 0.717) is 5.06 Å². The van der Waals surface area contributed by atoms with Gasteiger partial charge in [-0.05, 0) is 29.2 Å². The number of nitrogens with zero attached hydrogens (tertiary/aromatic N) is 1. The van der Waals surface area contributed by atoms with E-state index in [9.17, 15) is 19.2 Å². The minimum atomic E-state index is -1.76. The Morgan fingerprint density at radius 1 is 1.00 bits per heavy atom. The van der Waals surface area contributed by atoms with Crippen molar-refractivity contribution in [2.24, 2.45) is 0 Å². The Morgan fingerprint density at radius 2 is 1.58 bits per heavy atom. The fourth-order valence-electron chi connectivity index (χ4n) is 3.60. The molecule has 2 aromatic rings. The fourth-order valence-corrected chi connectivity index (χ4v) is 3.60. The molecule has 1 unspecified atom stereocenters. The van der Waals surface area contributed by atoms with Gasteiger partial charge in [0.15, 0.2) is 6.61 Å². The van der Waals surface area contributed by atoms with Crippen molar-refractivity contribution in [3.63, 3.8) is 0 Å². The highest BCUT2D eigenvalue weighted by Gasteiger charge is 2.35. The van der Waals surface area contributed by atoms with Crippen LogP contribution in [0, 0.1) is 0 Å². The number of likely N-dealkylation sites (N-methyl/N-ethyl adjacent to an activating group) is 1. The number of carbonyl (C=O) groups excluding carboxylic acids is 3.